The van der Waals surface area contributed by atoms with Crippen LogP contribution in [-0.2, 0) is 0 Å². The average Bonchev–Trinajstić information content (AvgIpc) is 2.38. The number of hydrogen-bond donors (Lipinski definition) is 1. The third-order valence-corrected chi connectivity index (χ3v) is 3.02. The van der Waals surface area contributed by atoms with Crippen LogP contribution in [0.5, 0.6) is 0 Å². The second-order valence-corrected chi connectivity index (χ2v) is 4.86. The predicted molar refractivity (Wildman–Crippen MR) is 76.0 cm³/mol. The first-order valence-electron chi connectivity index (χ1n) is 6.35. The lowest BCUT2D eigenvalue weighted by Crippen LogP contribution is -2.26. The average molecular weight is 254 g/mol. The summed E-state index contributed by atoms with van der Waals surface area (Å²) in [5.74, 6) is -0.0526. The summed E-state index contributed by atoms with van der Waals surface area (Å²) < 4.78 is 0. The maximum absolute atomic E-state index is 12.2. The van der Waals surface area contributed by atoms with Gasteiger partial charge in [-0.2, -0.15) is 0 Å². The Hall–Kier alpha value is -2.16. The normalized spacial score (nSPS) is 11.9. The number of carbonyl (C=O) groups excluding carboxylic acids is 1. The highest BCUT2D eigenvalue weighted by atomic mass is 16.1. The predicted octanol–water partition coefficient (Wildman–Crippen LogP) is 3.19. The number of nitrogens with zero attached hydrogens (tertiary/aromatic N) is 1. The maximum atomic E-state index is 12.2. The summed E-state index contributed by atoms with van der Waals surface area (Å²) in [5.41, 5.74) is 3.90. The summed E-state index contributed by atoms with van der Waals surface area (Å²) in [7, 11) is 0. The van der Waals surface area contributed by atoms with E-state index < -0.39 is 0 Å². The van der Waals surface area contributed by atoms with E-state index in [0.29, 0.717) is 5.56 Å². The van der Waals surface area contributed by atoms with Crippen LogP contribution in [0.2, 0.25) is 0 Å². The van der Waals surface area contributed by atoms with Crippen molar-refractivity contribution in [2.45, 2.75) is 26.8 Å². The molecule has 98 valence electrons. The molecule has 1 heterocycles. The maximum Gasteiger partial charge on any atom is 0.251 e. The van der Waals surface area contributed by atoms with Gasteiger partial charge in [-0.05, 0) is 44.5 Å². The topological polar surface area (TPSA) is 42.0 Å². The van der Waals surface area contributed by atoms with Gasteiger partial charge in [0.2, 0.25) is 0 Å². The largest absolute Gasteiger partial charge is 0.345 e. The van der Waals surface area contributed by atoms with Gasteiger partial charge in [0.15, 0.2) is 0 Å². The zero-order valence-electron chi connectivity index (χ0n) is 11.5. The Balaban J connectivity index is 2.13. The summed E-state index contributed by atoms with van der Waals surface area (Å²) in [5, 5.41) is 2.99. The summed E-state index contributed by atoms with van der Waals surface area (Å²) in [6, 6.07) is 9.63. The Morgan fingerprint density at radius 3 is 2.47 bits per heavy atom. The molecule has 0 aliphatic heterocycles. The number of nitrogens with one attached hydrogen (secondary N) is 1. The fraction of sp³-hybridized carbons (Fsp3) is 0.250. The van der Waals surface area contributed by atoms with Crippen LogP contribution in [0.15, 0.2) is 42.7 Å². The van der Waals surface area contributed by atoms with Gasteiger partial charge in [-0.15, -0.1) is 0 Å². The summed E-state index contributed by atoms with van der Waals surface area (Å²) in [6.45, 7) is 5.94. The lowest BCUT2D eigenvalue weighted by Gasteiger charge is -2.14. The molecule has 1 aromatic carbocycles. The Kier molecular flexibility index (Phi) is 3.95. The number of amides is 1. The molecule has 0 saturated carbocycles. The molecule has 0 aliphatic carbocycles. The highest BCUT2D eigenvalue weighted by molar-refractivity contribution is 5.94. The number of benzene rings is 1. The van der Waals surface area contributed by atoms with Crippen molar-refractivity contribution < 1.29 is 4.79 Å². The van der Waals surface area contributed by atoms with Crippen LogP contribution in [0.4, 0.5) is 0 Å². The van der Waals surface area contributed by atoms with Gasteiger partial charge in [-0.25, -0.2) is 0 Å². The highest BCUT2D eigenvalue weighted by Crippen LogP contribution is 2.13. The van der Waals surface area contributed by atoms with E-state index in [2.05, 4.69) is 16.4 Å². The van der Waals surface area contributed by atoms with Crippen molar-refractivity contribution in [3.63, 3.8) is 0 Å². The summed E-state index contributed by atoms with van der Waals surface area (Å²) >= 11 is 0. The lowest BCUT2D eigenvalue weighted by molar-refractivity contribution is 0.0939. The molecule has 0 bridgehead atoms. The summed E-state index contributed by atoms with van der Waals surface area (Å²) in [4.78, 5) is 16.3. The van der Waals surface area contributed by atoms with Crippen LogP contribution in [0.3, 0.4) is 0 Å². The molecule has 3 nitrogen and oxygen atoms in total. The Morgan fingerprint density at radius 1 is 1.21 bits per heavy atom. The number of rotatable bonds is 3. The zero-order chi connectivity index (χ0) is 13.8. The molecule has 1 amide bonds. The van der Waals surface area contributed by atoms with Crippen molar-refractivity contribution >= 4 is 5.91 Å². The SMILES string of the molecule is Cc1cc(C)cc(C(=O)NC(C)c2cccnc2)c1. The molecule has 2 aromatic rings. The van der Waals surface area contributed by atoms with Gasteiger partial charge in [0, 0.05) is 18.0 Å². The lowest BCUT2D eigenvalue weighted by atomic mass is 10.1. The molecule has 0 spiro atoms. The molecule has 0 saturated heterocycles. The van der Waals surface area contributed by atoms with E-state index in [1.807, 2.05) is 45.0 Å². The number of aryl methyl sites for hydroxylation is 2. The fourth-order valence-electron chi connectivity index (χ4n) is 2.10. The zero-order valence-corrected chi connectivity index (χ0v) is 11.5. The van der Waals surface area contributed by atoms with Crippen LogP contribution >= 0.6 is 0 Å². The molecule has 2 rings (SSSR count). The summed E-state index contributed by atoms with van der Waals surface area (Å²) in [6.07, 6.45) is 3.49. The van der Waals surface area contributed by atoms with Crippen LogP contribution in [0, 0.1) is 13.8 Å². The van der Waals surface area contributed by atoms with Crippen LogP contribution in [0.25, 0.3) is 0 Å². The minimum Gasteiger partial charge on any atom is -0.345 e. The van der Waals surface area contributed by atoms with E-state index in [9.17, 15) is 4.79 Å². The van der Waals surface area contributed by atoms with Crippen LogP contribution in [-0.4, -0.2) is 10.9 Å². The van der Waals surface area contributed by atoms with E-state index >= 15 is 0 Å². The Bertz CT molecular complexity index is 558. The van der Waals surface area contributed by atoms with Crippen molar-refractivity contribution in [1.82, 2.24) is 10.3 Å². The number of aromatic nitrogens is 1. The molecular weight excluding hydrogens is 236 g/mol. The molecule has 0 radical (unpaired) electrons. The molecule has 0 fully saturated rings. The first kappa shape index (κ1) is 13.3. The smallest absolute Gasteiger partial charge is 0.251 e. The molecule has 0 aliphatic rings. The van der Waals surface area contributed by atoms with Gasteiger partial charge in [0.05, 0.1) is 6.04 Å². The molecule has 1 aromatic heterocycles. The molecular formula is C16H18N2O. The number of hydrogen-bond acceptors (Lipinski definition) is 2. The Morgan fingerprint density at radius 2 is 1.89 bits per heavy atom. The molecule has 1 atom stereocenters. The quantitative estimate of drug-likeness (QED) is 0.914. The number of carbonyl (C=O) groups is 1. The van der Waals surface area contributed by atoms with Gasteiger partial charge in [0.1, 0.15) is 0 Å². The highest BCUT2D eigenvalue weighted by Gasteiger charge is 2.11. The van der Waals surface area contributed by atoms with E-state index in [0.717, 1.165) is 16.7 Å². The van der Waals surface area contributed by atoms with Gasteiger partial charge >= 0.3 is 0 Å². The molecule has 19 heavy (non-hydrogen) atoms. The number of pyridine rings is 1. The first-order chi connectivity index (χ1) is 9.06. The van der Waals surface area contributed by atoms with Crippen LogP contribution in [0.1, 0.15) is 40.0 Å². The van der Waals surface area contributed by atoms with E-state index in [-0.39, 0.29) is 11.9 Å². The van der Waals surface area contributed by atoms with Crippen molar-refractivity contribution in [1.29, 1.82) is 0 Å². The van der Waals surface area contributed by atoms with E-state index in [1.54, 1.807) is 12.4 Å². The minimum atomic E-state index is -0.0537. The van der Waals surface area contributed by atoms with Gasteiger partial charge in [-0.3, -0.25) is 9.78 Å². The minimum absolute atomic E-state index is 0.0526. The second kappa shape index (κ2) is 5.65. The third-order valence-electron chi connectivity index (χ3n) is 3.02. The van der Waals surface area contributed by atoms with Crippen molar-refractivity contribution in [2.24, 2.45) is 0 Å². The second-order valence-electron chi connectivity index (χ2n) is 4.86. The van der Waals surface area contributed by atoms with Crippen molar-refractivity contribution in [2.75, 3.05) is 0 Å². The Labute approximate surface area is 113 Å². The van der Waals surface area contributed by atoms with Crippen LogP contribution < -0.4 is 5.32 Å². The molecule has 1 unspecified atom stereocenters. The van der Waals surface area contributed by atoms with E-state index in [4.69, 9.17) is 0 Å². The molecule has 1 N–H and O–H groups in total. The van der Waals surface area contributed by atoms with Crippen molar-refractivity contribution in [3.8, 4) is 0 Å². The van der Waals surface area contributed by atoms with Gasteiger partial charge in [0.25, 0.3) is 5.91 Å². The van der Waals surface area contributed by atoms with Crippen molar-refractivity contribution in [3.05, 3.63) is 65.0 Å². The monoisotopic (exact) mass is 254 g/mol. The van der Waals surface area contributed by atoms with Gasteiger partial charge in [-0.1, -0.05) is 23.3 Å². The fourth-order valence-corrected chi connectivity index (χ4v) is 2.10. The van der Waals surface area contributed by atoms with E-state index in [1.165, 1.54) is 0 Å². The molecule has 3 heteroatoms. The van der Waals surface area contributed by atoms with Gasteiger partial charge < -0.3 is 5.32 Å². The third kappa shape index (κ3) is 3.41. The standard InChI is InChI=1S/C16H18N2O/c1-11-7-12(2)9-15(8-11)16(19)18-13(3)14-5-4-6-17-10-14/h4-10,13H,1-3H3,(H,18,19). The first-order valence-corrected chi connectivity index (χ1v) is 6.35.